The molecule has 1 saturated heterocycles. The SMILES string of the molecule is O=C(COC(=O)[C@@H]1[C@H]2C[C@H]3[C@H](OC(=O)[C@H]31)[C@H]2Br)c1ccc(Oc2ccc([N+](=O)[O-])cc2)c(Cl)c1. The topological polar surface area (TPSA) is 122 Å². The number of hydrogen-bond donors (Lipinski definition) is 0. The fraction of sp³-hybridized carbons (Fsp3) is 0.348. The number of carbonyl (C=O) groups excluding carboxylic acids is 3. The molecule has 1 heterocycles. The van der Waals surface area contributed by atoms with Crippen LogP contribution in [0.15, 0.2) is 42.5 Å². The van der Waals surface area contributed by atoms with Gasteiger partial charge < -0.3 is 14.2 Å². The van der Waals surface area contributed by atoms with Crippen LogP contribution in [0.3, 0.4) is 0 Å². The zero-order valence-corrected chi connectivity index (χ0v) is 19.7. The van der Waals surface area contributed by atoms with E-state index in [1.807, 2.05) is 0 Å². The fourth-order valence-electron chi connectivity index (χ4n) is 5.13. The molecule has 5 rings (SSSR count). The maximum absolute atomic E-state index is 12.7. The number of halogens is 2. The highest BCUT2D eigenvalue weighted by atomic mass is 79.9. The highest BCUT2D eigenvalue weighted by Gasteiger charge is 2.68. The van der Waals surface area contributed by atoms with Gasteiger partial charge in [-0.05, 0) is 42.7 Å². The van der Waals surface area contributed by atoms with Crippen LogP contribution in [0, 0.1) is 33.8 Å². The summed E-state index contributed by atoms with van der Waals surface area (Å²) in [7, 11) is 0. The molecule has 2 saturated carbocycles. The van der Waals surface area contributed by atoms with E-state index in [0.29, 0.717) is 5.75 Å². The first-order chi connectivity index (χ1) is 16.2. The largest absolute Gasteiger partial charge is 0.461 e. The van der Waals surface area contributed by atoms with Gasteiger partial charge in [0.15, 0.2) is 12.4 Å². The zero-order chi connectivity index (χ0) is 24.1. The number of ether oxygens (including phenoxy) is 3. The third kappa shape index (κ3) is 3.84. The van der Waals surface area contributed by atoms with Crippen molar-refractivity contribution in [2.24, 2.45) is 23.7 Å². The number of carbonyl (C=O) groups is 3. The number of nitro benzene ring substituents is 1. The Balaban J connectivity index is 1.21. The first kappa shape index (κ1) is 22.8. The molecule has 2 bridgehead atoms. The second kappa shape index (κ2) is 8.66. The number of fused-ring (bicyclic) bond motifs is 1. The predicted octanol–water partition coefficient (Wildman–Crippen LogP) is 4.34. The second-order valence-corrected chi connectivity index (χ2v) is 9.95. The Morgan fingerprint density at radius 3 is 2.59 bits per heavy atom. The molecule has 3 fully saturated rings. The zero-order valence-electron chi connectivity index (χ0n) is 17.4. The van der Waals surface area contributed by atoms with Crippen molar-refractivity contribution < 1.29 is 33.5 Å². The number of benzene rings is 2. The third-order valence-corrected chi connectivity index (χ3v) is 8.17. The highest BCUT2D eigenvalue weighted by molar-refractivity contribution is 9.09. The second-order valence-electron chi connectivity index (χ2n) is 8.49. The molecule has 6 atom stereocenters. The normalized spacial score (nSPS) is 28.5. The van der Waals surface area contributed by atoms with Crippen molar-refractivity contribution in [3.63, 3.8) is 0 Å². The summed E-state index contributed by atoms with van der Waals surface area (Å²) in [6.45, 7) is -0.482. The van der Waals surface area contributed by atoms with Gasteiger partial charge in [0, 0.05) is 23.6 Å². The first-order valence-corrected chi connectivity index (χ1v) is 11.8. The van der Waals surface area contributed by atoms with E-state index in [0.717, 1.165) is 6.42 Å². The van der Waals surface area contributed by atoms with Crippen molar-refractivity contribution in [3.05, 3.63) is 63.2 Å². The Hall–Kier alpha value is -2.98. The predicted molar refractivity (Wildman–Crippen MR) is 121 cm³/mol. The molecule has 9 nitrogen and oxygen atoms in total. The van der Waals surface area contributed by atoms with Crippen molar-refractivity contribution in [2.45, 2.75) is 17.4 Å². The molecule has 2 aliphatic carbocycles. The number of non-ortho nitro benzene ring substituents is 1. The number of hydrogen-bond acceptors (Lipinski definition) is 8. The van der Waals surface area contributed by atoms with Gasteiger partial charge in [-0.15, -0.1) is 0 Å². The highest BCUT2D eigenvalue weighted by Crippen LogP contribution is 2.60. The number of alkyl halides is 1. The molecule has 11 heteroatoms. The van der Waals surface area contributed by atoms with Gasteiger partial charge in [-0.2, -0.15) is 0 Å². The summed E-state index contributed by atoms with van der Waals surface area (Å²) >= 11 is 9.78. The van der Waals surface area contributed by atoms with Crippen molar-refractivity contribution in [2.75, 3.05) is 6.61 Å². The van der Waals surface area contributed by atoms with Crippen LogP contribution >= 0.6 is 27.5 Å². The van der Waals surface area contributed by atoms with Crippen LogP contribution < -0.4 is 4.74 Å². The minimum absolute atomic E-state index is 0.0113. The van der Waals surface area contributed by atoms with E-state index in [1.165, 1.54) is 42.5 Å². The van der Waals surface area contributed by atoms with Gasteiger partial charge in [0.05, 0.1) is 26.6 Å². The molecule has 3 aliphatic rings. The Labute approximate surface area is 206 Å². The van der Waals surface area contributed by atoms with E-state index < -0.39 is 35.1 Å². The summed E-state index contributed by atoms with van der Waals surface area (Å²) in [5.74, 6) is -1.97. The minimum Gasteiger partial charge on any atom is -0.461 e. The van der Waals surface area contributed by atoms with E-state index in [1.54, 1.807) is 0 Å². The Kier molecular flexibility index (Phi) is 5.81. The summed E-state index contributed by atoms with van der Waals surface area (Å²) in [5, 5.41) is 10.9. The van der Waals surface area contributed by atoms with Gasteiger partial charge in [-0.25, -0.2) is 0 Å². The first-order valence-electron chi connectivity index (χ1n) is 10.5. The molecule has 34 heavy (non-hydrogen) atoms. The standard InChI is InChI=1S/C23H17BrClNO8/c24-20-13-8-14-19(23(29)34-21(14)20)18(13)22(28)32-9-16(27)10-1-6-17(15(25)7-10)33-12-4-2-11(3-5-12)26(30)31/h1-7,13-14,18-21H,8-9H2/t13-,14-,18-,19-,20+,21+/m1/s1. The Bertz CT molecular complexity index is 1200. The molecule has 0 spiro atoms. The average Bonchev–Trinajstić information content (AvgIpc) is 3.43. The number of nitro groups is 1. The Morgan fingerprint density at radius 2 is 1.91 bits per heavy atom. The molecule has 176 valence electrons. The van der Waals surface area contributed by atoms with E-state index in [2.05, 4.69) is 15.9 Å². The number of esters is 2. The van der Waals surface area contributed by atoms with Gasteiger partial charge in [-0.1, -0.05) is 27.5 Å². The van der Waals surface area contributed by atoms with E-state index >= 15 is 0 Å². The number of rotatable bonds is 7. The number of Topliss-reactive ketones (excluding diaryl/α,β-unsaturated/α-hetero) is 1. The van der Waals surface area contributed by atoms with Gasteiger partial charge in [0.2, 0.25) is 0 Å². The maximum atomic E-state index is 12.7. The molecule has 0 aromatic heterocycles. The van der Waals surface area contributed by atoms with E-state index in [-0.39, 0.29) is 50.8 Å². The summed E-state index contributed by atoms with van der Waals surface area (Å²) in [6, 6.07) is 9.82. The third-order valence-electron chi connectivity index (χ3n) is 6.67. The van der Waals surface area contributed by atoms with Crippen molar-refractivity contribution in [1.82, 2.24) is 0 Å². The van der Waals surface area contributed by atoms with Crippen LogP contribution in [-0.4, -0.2) is 40.2 Å². The summed E-state index contributed by atoms with van der Waals surface area (Å²) in [4.78, 5) is 47.7. The van der Waals surface area contributed by atoms with Gasteiger partial charge >= 0.3 is 11.9 Å². The van der Waals surface area contributed by atoms with Crippen molar-refractivity contribution in [1.29, 1.82) is 0 Å². The quantitative estimate of drug-likeness (QED) is 0.164. The number of nitrogens with zero attached hydrogens (tertiary/aromatic N) is 1. The molecule has 0 radical (unpaired) electrons. The lowest BCUT2D eigenvalue weighted by atomic mass is 9.80. The summed E-state index contributed by atoms with van der Waals surface area (Å²) < 4.78 is 16.3. The van der Waals surface area contributed by atoms with Crippen LogP contribution in [0.1, 0.15) is 16.8 Å². The lowest BCUT2D eigenvalue weighted by molar-refractivity contribution is -0.384. The molecule has 0 unspecified atom stereocenters. The lowest BCUT2D eigenvalue weighted by Gasteiger charge is -2.26. The molecule has 0 N–H and O–H groups in total. The van der Waals surface area contributed by atoms with Crippen LogP contribution in [0.25, 0.3) is 0 Å². The van der Waals surface area contributed by atoms with Crippen LogP contribution in [0.2, 0.25) is 5.02 Å². The molecule has 0 amide bonds. The van der Waals surface area contributed by atoms with Crippen molar-refractivity contribution >= 4 is 50.9 Å². The van der Waals surface area contributed by atoms with E-state index in [4.69, 9.17) is 25.8 Å². The smallest absolute Gasteiger partial charge is 0.310 e. The average molecular weight is 551 g/mol. The lowest BCUT2D eigenvalue weighted by Crippen LogP contribution is -2.39. The molecule has 2 aromatic rings. The maximum Gasteiger partial charge on any atom is 0.310 e. The number of ketones is 1. The molecular formula is C23H17BrClNO8. The molecular weight excluding hydrogens is 534 g/mol. The van der Waals surface area contributed by atoms with Gasteiger partial charge in [0.1, 0.15) is 17.6 Å². The van der Waals surface area contributed by atoms with Crippen molar-refractivity contribution in [3.8, 4) is 11.5 Å². The Morgan fingerprint density at radius 1 is 1.18 bits per heavy atom. The monoisotopic (exact) mass is 549 g/mol. The minimum atomic E-state index is -0.616. The van der Waals surface area contributed by atoms with Crippen LogP contribution in [0.4, 0.5) is 5.69 Å². The summed E-state index contributed by atoms with van der Waals surface area (Å²) in [6.07, 6.45) is 0.526. The molecule has 1 aliphatic heterocycles. The van der Waals surface area contributed by atoms with Gasteiger partial charge in [-0.3, -0.25) is 24.5 Å². The van der Waals surface area contributed by atoms with Gasteiger partial charge in [0.25, 0.3) is 5.69 Å². The van der Waals surface area contributed by atoms with Crippen LogP contribution in [-0.2, 0) is 19.1 Å². The van der Waals surface area contributed by atoms with Crippen LogP contribution in [0.5, 0.6) is 11.5 Å². The van der Waals surface area contributed by atoms with E-state index in [9.17, 15) is 24.5 Å². The summed E-state index contributed by atoms with van der Waals surface area (Å²) in [5.41, 5.74) is 0.149. The molecule has 2 aromatic carbocycles. The fourth-order valence-corrected chi connectivity index (χ4v) is 6.39.